The lowest BCUT2D eigenvalue weighted by Crippen LogP contribution is -2.54. The van der Waals surface area contributed by atoms with Gasteiger partial charge in [0.25, 0.3) is 11.8 Å². The van der Waals surface area contributed by atoms with Crippen LogP contribution in [0.4, 0.5) is 10.5 Å². The van der Waals surface area contributed by atoms with Crippen LogP contribution < -0.4 is 24.4 Å². The second-order valence-corrected chi connectivity index (χ2v) is 8.41. The Morgan fingerprint density at radius 3 is 2.57 bits per heavy atom. The highest BCUT2D eigenvalue weighted by Gasteiger charge is 2.37. The monoisotopic (exact) mass is 493 g/mol. The Bertz CT molecular complexity index is 1440. The predicted octanol–water partition coefficient (Wildman–Crippen LogP) is 4.15. The van der Waals surface area contributed by atoms with Gasteiger partial charge >= 0.3 is 6.03 Å². The van der Waals surface area contributed by atoms with Gasteiger partial charge in [-0.25, -0.2) is 9.69 Å². The van der Waals surface area contributed by atoms with Crippen molar-refractivity contribution in [3.05, 3.63) is 70.0 Å². The van der Waals surface area contributed by atoms with Gasteiger partial charge in [0.2, 0.25) is 6.79 Å². The number of ether oxygens (including phenoxy) is 3. The number of rotatable bonds is 4. The number of anilines is 1. The number of hydrogen-bond donors (Lipinski definition) is 1. The van der Waals surface area contributed by atoms with Crippen molar-refractivity contribution in [1.29, 1.82) is 0 Å². The second kappa shape index (κ2) is 8.52. The van der Waals surface area contributed by atoms with E-state index in [1.54, 1.807) is 37.4 Å². The number of imide groups is 2. The van der Waals surface area contributed by atoms with Gasteiger partial charge < -0.3 is 18.8 Å². The van der Waals surface area contributed by atoms with E-state index in [0.29, 0.717) is 27.8 Å². The molecule has 5 rings (SSSR count). The molecule has 3 heterocycles. The lowest BCUT2D eigenvalue weighted by molar-refractivity contribution is -0.122. The molecule has 1 fully saturated rings. The third kappa shape index (κ3) is 3.79. The molecule has 1 aromatic heterocycles. The van der Waals surface area contributed by atoms with Gasteiger partial charge in [-0.3, -0.25) is 14.9 Å². The molecular formula is C25H20ClN3O6. The maximum absolute atomic E-state index is 13.3. The first kappa shape index (κ1) is 22.5. The Hall–Kier alpha value is -4.24. The van der Waals surface area contributed by atoms with Crippen LogP contribution in [0.3, 0.4) is 0 Å². The quantitative estimate of drug-likeness (QED) is 0.433. The summed E-state index contributed by atoms with van der Waals surface area (Å²) in [6.07, 6.45) is 1.47. The third-order valence-electron chi connectivity index (χ3n) is 5.87. The largest absolute Gasteiger partial charge is 0.495 e. The van der Waals surface area contributed by atoms with E-state index in [0.717, 1.165) is 22.0 Å². The van der Waals surface area contributed by atoms with E-state index < -0.39 is 17.8 Å². The number of benzene rings is 2. The van der Waals surface area contributed by atoms with Gasteiger partial charge in [-0.2, -0.15) is 0 Å². The lowest BCUT2D eigenvalue weighted by Gasteiger charge is -2.26. The van der Waals surface area contributed by atoms with Crippen LogP contribution in [-0.2, 0) is 9.59 Å². The van der Waals surface area contributed by atoms with E-state index in [4.69, 9.17) is 25.8 Å². The number of nitrogens with zero attached hydrogens (tertiary/aromatic N) is 2. The molecule has 10 heteroatoms. The molecule has 0 bridgehead atoms. The average Bonchev–Trinajstić information content (AvgIpc) is 3.39. The maximum atomic E-state index is 13.3. The minimum Gasteiger partial charge on any atom is -0.495 e. The van der Waals surface area contributed by atoms with Gasteiger partial charge in [0, 0.05) is 22.5 Å². The molecule has 1 saturated heterocycles. The Labute approximate surface area is 205 Å². The van der Waals surface area contributed by atoms with Crippen LogP contribution in [0.5, 0.6) is 17.2 Å². The molecule has 3 aromatic rings. The molecule has 0 atom stereocenters. The van der Waals surface area contributed by atoms with Gasteiger partial charge in [-0.1, -0.05) is 11.6 Å². The van der Waals surface area contributed by atoms with Crippen molar-refractivity contribution in [3.63, 3.8) is 0 Å². The Kier molecular flexibility index (Phi) is 5.49. The van der Waals surface area contributed by atoms with Crippen molar-refractivity contribution in [2.45, 2.75) is 13.8 Å². The molecule has 0 spiro atoms. The zero-order valence-electron chi connectivity index (χ0n) is 19.0. The molecule has 2 aliphatic heterocycles. The highest BCUT2D eigenvalue weighted by Crippen LogP contribution is 2.37. The summed E-state index contributed by atoms with van der Waals surface area (Å²) in [6, 6.07) is 10.9. The number of carbonyl (C=O) groups is 3. The van der Waals surface area contributed by atoms with Crippen LogP contribution in [-0.4, -0.2) is 36.3 Å². The highest BCUT2D eigenvalue weighted by atomic mass is 35.5. The Morgan fingerprint density at radius 2 is 1.80 bits per heavy atom. The van der Waals surface area contributed by atoms with Crippen molar-refractivity contribution in [3.8, 4) is 22.9 Å². The standard InChI is InChI=1S/C25H20ClN3O6/c1-13-8-15(14(2)28(13)19-10-16(26)4-6-20(19)33-3)9-18-23(30)27-25(32)29(24(18)31)17-5-7-21-22(11-17)35-12-34-21/h4-11H,12H2,1-3H3,(H,27,30,32). The number of barbiturate groups is 1. The number of aromatic nitrogens is 1. The van der Waals surface area contributed by atoms with E-state index in [9.17, 15) is 14.4 Å². The number of urea groups is 1. The van der Waals surface area contributed by atoms with Crippen molar-refractivity contribution in [1.82, 2.24) is 9.88 Å². The minimum absolute atomic E-state index is 0.0512. The predicted molar refractivity (Wildman–Crippen MR) is 128 cm³/mol. The van der Waals surface area contributed by atoms with Gasteiger partial charge in [0.05, 0.1) is 18.5 Å². The third-order valence-corrected chi connectivity index (χ3v) is 6.10. The average molecular weight is 494 g/mol. The number of methoxy groups -OCH3 is 1. The van der Waals surface area contributed by atoms with Crippen LogP contribution in [0, 0.1) is 13.8 Å². The smallest absolute Gasteiger partial charge is 0.335 e. The summed E-state index contributed by atoms with van der Waals surface area (Å²) in [5.74, 6) is 0.00485. The number of amides is 4. The summed E-state index contributed by atoms with van der Waals surface area (Å²) in [5, 5.41) is 2.77. The summed E-state index contributed by atoms with van der Waals surface area (Å²) in [7, 11) is 1.57. The van der Waals surface area contributed by atoms with Crippen LogP contribution in [0.2, 0.25) is 5.02 Å². The van der Waals surface area contributed by atoms with Crippen molar-refractivity contribution in [2.75, 3.05) is 18.8 Å². The number of halogens is 1. The van der Waals surface area contributed by atoms with Crippen LogP contribution in [0.1, 0.15) is 17.0 Å². The first-order valence-corrected chi connectivity index (χ1v) is 11.0. The second-order valence-electron chi connectivity index (χ2n) is 7.97. The van der Waals surface area contributed by atoms with Gasteiger partial charge in [0.15, 0.2) is 11.5 Å². The first-order valence-electron chi connectivity index (χ1n) is 10.6. The fourth-order valence-corrected chi connectivity index (χ4v) is 4.38. The van der Waals surface area contributed by atoms with Crippen LogP contribution in [0.15, 0.2) is 48.0 Å². The molecule has 2 aliphatic rings. The molecule has 0 radical (unpaired) electrons. The summed E-state index contributed by atoms with van der Waals surface area (Å²) in [6.45, 7) is 3.79. The molecule has 0 saturated carbocycles. The molecule has 0 unspecified atom stereocenters. The number of carbonyl (C=O) groups excluding carboxylic acids is 3. The molecule has 35 heavy (non-hydrogen) atoms. The van der Waals surface area contributed by atoms with E-state index >= 15 is 0 Å². The molecule has 178 valence electrons. The van der Waals surface area contributed by atoms with E-state index in [-0.39, 0.29) is 18.1 Å². The van der Waals surface area contributed by atoms with Crippen molar-refractivity contribution in [2.24, 2.45) is 0 Å². The SMILES string of the molecule is COc1ccc(Cl)cc1-n1c(C)cc(C=C2C(=O)NC(=O)N(c3ccc4c(c3)OCO4)C2=O)c1C. The molecule has 4 amide bonds. The van der Waals surface area contributed by atoms with E-state index in [1.165, 1.54) is 12.1 Å². The summed E-state index contributed by atoms with van der Waals surface area (Å²) in [4.78, 5) is 39.5. The van der Waals surface area contributed by atoms with Gasteiger partial charge in [0.1, 0.15) is 11.3 Å². The van der Waals surface area contributed by atoms with Crippen LogP contribution in [0.25, 0.3) is 11.8 Å². The number of hydrogen-bond acceptors (Lipinski definition) is 6. The highest BCUT2D eigenvalue weighted by molar-refractivity contribution is 6.39. The first-order chi connectivity index (χ1) is 16.8. The normalized spacial score (nSPS) is 16.2. The zero-order valence-corrected chi connectivity index (χ0v) is 19.8. The molecule has 1 N–H and O–H groups in total. The van der Waals surface area contributed by atoms with E-state index in [1.807, 2.05) is 24.5 Å². The fourth-order valence-electron chi connectivity index (χ4n) is 4.21. The summed E-state index contributed by atoms with van der Waals surface area (Å²) < 4.78 is 18.0. The lowest BCUT2D eigenvalue weighted by atomic mass is 10.1. The Balaban J connectivity index is 1.56. The van der Waals surface area contributed by atoms with E-state index in [2.05, 4.69) is 5.32 Å². The molecular weight excluding hydrogens is 474 g/mol. The number of fused-ring (bicyclic) bond motifs is 1. The molecule has 9 nitrogen and oxygen atoms in total. The summed E-state index contributed by atoms with van der Waals surface area (Å²) >= 11 is 6.22. The number of nitrogens with one attached hydrogen (secondary N) is 1. The molecule has 0 aliphatic carbocycles. The van der Waals surface area contributed by atoms with Gasteiger partial charge in [-0.05, 0) is 61.9 Å². The minimum atomic E-state index is -0.842. The zero-order chi connectivity index (χ0) is 24.9. The topological polar surface area (TPSA) is 99.1 Å². The number of aryl methyl sites for hydroxylation is 1. The Morgan fingerprint density at radius 1 is 1.03 bits per heavy atom. The van der Waals surface area contributed by atoms with Crippen LogP contribution >= 0.6 is 11.6 Å². The molecule has 2 aromatic carbocycles. The summed E-state index contributed by atoms with van der Waals surface area (Å²) in [5.41, 5.74) is 3.01. The van der Waals surface area contributed by atoms with Gasteiger partial charge in [-0.15, -0.1) is 0 Å². The van der Waals surface area contributed by atoms with Crippen molar-refractivity contribution < 1.29 is 28.6 Å². The van der Waals surface area contributed by atoms with Crippen molar-refractivity contribution >= 4 is 41.2 Å². The fraction of sp³-hybridized carbons (Fsp3) is 0.160. The maximum Gasteiger partial charge on any atom is 0.335 e.